The molecule has 0 aliphatic heterocycles. The van der Waals surface area contributed by atoms with Crippen LogP contribution in [0.15, 0.2) is 71.1 Å². The molecule has 4 rings (SSSR count). The maximum Gasteiger partial charge on any atom is 0.227 e. The lowest BCUT2D eigenvalue weighted by atomic mass is 10.2. The SMILES string of the molecule is Fc1ccc(Oc2ccc3oc(-c4ccc(OCCCCl)cc4)nc3c2)cc1. The quantitative estimate of drug-likeness (QED) is 0.266. The summed E-state index contributed by atoms with van der Waals surface area (Å²) in [7, 11) is 0. The van der Waals surface area contributed by atoms with Gasteiger partial charge in [0.15, 0.2) is 5.58 Å². The van der Waals surface area contributed by atoms with Crippen molar-refractivity contribution in [3.05, 3.63) is 72.5 Å². The molecule has 0 aliphatic rings. The molecule has 0 unspecified atom stereocenters. The van der Waals surface area contributed by atoms with Crippen LogP contribution in [0.1, 0.15) is 6.42 Å². The average Bonchev–Trinajstić information content (AvgIpc) is 3.14. The van der Waals surface area contributed by atoms with E-state index in [9.17, 15) is 4.39 Å². The number of halogens is 2. The van der Waals surface area contributed by atoms with E-state index in [1.165, 1.54) is 12.1 Å². The van der Waals surface area contributed by atoms with E-state index < -0.39 is 0 Å². The summed E-state index contributed by atoms with van der Waals surface area (Å²) in [4.78, 5) is 4.54. The summed E-state index contributed by atoms with van der Waals surface area (Å²) in [6, 6.07) is 18.8. The topological polar surface area (TPSA) is 44.5 Å². The molecule has 3 aromatic carbocycles. The monoisotopic (exact) mass is 397 g/mol. The van der Waals surface area contributed by atoms with Gasteiger partial charge in [-0.25, -0.2) is 9.37 Å². The van der Waals surface area contributed by atoms with Crippen molar-refractivity contribution in [2.75, 3.05) is 12.5 Å². The van der Waals surface area contributed by atoms with E-state index in [4.69, 9.17) is 25.5 Å². The molecule has 0 spiro atoms. The Labute approximate surface area is 166 Å². The van der Waals surface area contributed by atoms with Gasteiger partial charge in [0.1, 0.15) is 28.6 Å². The average molecular weight is 398 g/mol. The number of ether oxygens (including phenoxy) is 2. The third-order valence-corrected chi connectivity index (χ3v) is 4.32. The second-order valence-corrected chi connectivity index (χ2v) is 6.50. The third kappa shape index (κ3) is 4.26. The van der Waals surface area contributed by atoms with E-state index in [2.05, 4.69) is 4.98 Å². The molecule has 0 atom stereocenters. The number of hydrogen-bond acceptors (Lipinski definition) is 4. The molecule has 28 heavy (non-hydrogen) atoms. The van der Waals surface area contributed by atoms with Crippen LogP contribution < -0.4 is 9.47 Å². The predicted octanol–water partition coefficient (Wildman–Crippen LogP) is 6.43. The fourth-order valence-corrected chi connectivity index (χ4v) is 2.78. The Balaban J connectivity index is 1.52. The van der Waals surface area contributed by atoms with Gasteiger partial charge in [-0.3, -0.25) is 0 Å². The maximum absolute atomic E-state index is 13.0. The molecular formula is C22H17ClFNO3. The lowest BCUT2D eigenvalue weighted by molar-refractivity contribution is 0.318. The zero-order valence-corrected chi connectivity index (χ0v) is 15.7. The smallest absolute Gasteiger partial charge is 0.227 e. The number of oxazole rings is 1. The van der Waals surface area contributed by atoms with Crippen molar-refractivity contribution in [1.29, 1.82) is 0 Å². The van der Waals surface area contributed by atoms with Gasteiger partial charge in [-0.05, 0) is 67.1 Å². The standard InChI is InChI=1S/C22H17ClFNO3/c23-12-1-13-26-17-6-2-15(3-7-17)22-25-20-14-19(10-11-21(20)28-22)27-18-8-4-16(24)5-9-18/h2-11,14H,1,12-13H2. The van der Waals surface area contributed by atoms with Crippen LogP contribution in [0.2, 0.25) is 0 Å². The second-order valence-electron chi connectivity index (χ2n) is 6.12. The lowest BCUT2D eigenvalue weighted by Crippen LogP contribution is -1.97. The van der Waals surface area contributed by atoms with Crippen LogP contribution in [0.4, 0.5) is 4.39 Å². The molecule has 1 aromatic heterocycles. The van der Waals surface area contributed by atoms with Crippen molar-refractivity contribution in [1.82, 2.24) is 4.98 Å². The largest absolute Gasteiger partial charge is 0.494 e. The molecule has 142 valence electrons. The van der Waals surface area contributed by atoms with Crippen LogP contribution in [0.25, 0.3) is 22.6 Å². The van der Waals surface area contributed by atoms with E-state index in [0.717, 1.165) is 17.7 Å². The van der Waals surface area contributed by atoms with E-state index >= 15 is 0 Å². The Kier molecular flexibility index (Phi) is 5.44. The van der Waals surface area contributed by atoms with Crippen molar-refractivity contribution in [3.8, 4) is 28.7 Å². The van der Waals surface area contributed by atoms with Gasteiger partial charge in [-0.1, -0.05) is 0 Å². The number of rotatable bonds is 7. The predicted molar refractivity (Wildman–Crippen MR) is 107 cm³/mol. The fraction of sp³-hybridized carbons (Fsp3) is 0.136. The summed E-state index contributed by atoms with van der Waals surface area (Å²) in [5.41, 5.74) is 2.18. The number of nitrogens with zero attached hydrogens (tertiary/aromatic N) is 1. The first-order valence-corrected chi connectivity index (χ1v) is 9.38. The molecule has 4 nitrogen and oxygen atoms in total. The van der Waals surface area contributed by atoms with Crippen LogP contribution in [0, 0.1) is 5.82 Å². The van der Waals surface area contributed by atoms with E-state index in [0.29, 0.717) is 41.0 Å². The molecule has 0 radical (unpaired) electrons. The van der Waals surface area contributed by atoms with Gasteiger partial charge in [0, 0.05) is 17.5 Å². The second kappa shape index (κ2) is 8.31. The van der Waals surface area contributed by atoms with Crippen molar-refractivity contribution < 1.29 is 18.3 Å². The van der Waals surface area contributed by atoms with Gasteiger partial charge in [0.05, 0.1) is 6.61 Å². The summed E-state index contributed by atoms with van der Waals surface area (Å²) in [6.45, 7) is 0.586. The number of hydrogen-bond donors (Lipinski definition) is 0. The van der Waals surface area contributed by atoms with Crippen LogP contribution in [-0.4, -0.2) is 17.5 Å². The highest BCUT2D eigenvalue weighted by Crippen LogP contribution is 2.30. The summed E-state index contributed by atoms with van der Waals surface area (Å²) in [6.07, 6.45) is 0.802. The van der Waals surface area contributed by atoms with Gasteiger partial charge in [-0.2, -0.15) is 0 Å². The van der Waals surface area contributed by atoms with Gasteiger partial charge in [0.2, 0.25) is 5.89 Å². The molecule has 1 heterocycles. The number of fused-ring (bicyclic) bond motifs is 1. The summed E-state index contributed by atoms with van der Waals surface area (Å²) in [5, 5.41) is 0. The van der Waals surface area contributed by atoms with Crippen LogP contribution >= 0.6 is 11.6 Å². The molecule has 0 aliphatic carbocycles. The van der Waals surface area contributed by atoms with Crippen LogP contribution in [-0.2, 0) is 0 Å². The Morgan fingerprint density at radius 1 is 0.893 bits per heavy atom. The van der Waals surface area contributed by atoms with Gasteiger partial charge >= 0.3 is 0 Å². The van der Waals surface area contributed by atoms with Crippen molar-refractivity contribution in [2.45, 2.75) is 6.42 Å². The highest BCUT2D eigenvalue weighted by atomic mass is 35.5. The zero-order valence-electron chi connectivity index (χ0n) is 14.9. The maximum atomic E-state index is 13.0. The molecule has 0 fully saturated rings. The van der Waals surface area contributed by atoms with Crippen LogP contribution in [0.5, 0.6) is 17.2 Å². The molecule has 4 aromatic rings. The van der Waals surface area contributed by atoms with Crippen molar-refractivity contribution >= 4 is 22.7 Å². The molecule has 6 heteroatoms. The van der Waals surface area contributed by atoms with Crippen molar-refractivity contribution in [2.24, 2.45) is 0 Å². The highest BCUT2D eigenvalue weighted by molar-refractivity contribution is 6.17. The Morgan fingerprint density at radius 2 is 1.61 bits per heavy atom. The number of alkyl halides is 1. The number of aromatic nitrogens is 1. The van der Waals surface area contributed by atoms with E-state index in [-0.39, 0.29) is 5.82 Å². The van der Waals surface area contributed by atoms with Gasteiger partial charge in [0.25, 0.3) is 0 Å². The first-order chi connectivity index (χ1) is 13.7. The van der Waals surface area contributed by atoms with Gasteiger partial charge < -0.3 is 13.9 Å². The zero-order chi connectivity index (χ0) is 19.3. The molecule has 0 amide bonds. The summed E-state index contributed by atoms with van der Waals surface area (Å²) < 4.78 is 30.2. The Morgan fingerprint density at radius 3 is 2.36 bits per heavy atom. The Bertz CT molecular complexity index is 1060. The minimum absolute atomic E-state index is 0.306. The molecular weight excluding hydrogens is 381 g/mol. The van der Waals surface area contributed by atoms with Crippen molar-refractivity contribution in [3.63, 3.8) is 0 Å². The number of benzene rings is 3. The van der Waals surface area contributed by atoms with Crippen LogP contribution in [0.3, 0.4) is 0 Å². The molecule has 0 saturated carbocycles. The fourth-order valence-electron chi connectivity index (χ4n) is 2.67. The first-order valence-electron chi connectivity index (χ1n) is 8.84. The summed E-state index contributed by atoms with van der Waals surface area (Å²) >= 11 is 5.65. The van der Waals surface area contributed by atoms with E-state index in [1.54, 1.807) is 30.3 Å². The minimum atomic E-state index is -0.306. The molecule has 0 bridgehead atoms. The third-order valence-electron chi connectivity index (χ3n) is 4.06. The summed E-state index contributed by atoms with van der Waals surface area (Å²) in [5.74, 6) is 2.71. The minimum Gasteiger partial charge on any atom is -0.494 e. The van der Waals surface area contributed by atoms with E-state index in [1.807, 2.05) is 24.3 Å². The van der Waals surface area contributed by atoms with Gasteiger partial charge in [-0.15, -0.1) is 11.6 Å². The molecule has 0 N–H and O–H groups in total. The Hall–Kier alpha value is -3.05. The first kappa shape index (κ1) is 18.3. The molecule has 0 saturated heterocycles. The highest BCUT2D eigenvalue weighted by Gasteiger charge is 2.10. The normalized spacial score (nSPS) is 10.9. The lowest BCUT2D eigenvalue weighted by Gasteiger charge is -2.04.